The van der Waals surface area contributed by atoms with Crippen molar-refractivity contribution >= 4 is 11.9 Å². The third-order valence-corrected chi connectivity index (χ3v) is 2.59. The van der Waals surface area contributed by atoms with Crippen molar-refractivity contribution < 1.29 is 13.9 Å². The molecule has 0 fully saturated rings. The molecule has 1 aromatic carbocycles. The SMILES string of the molecule is COc1ccc(C(=O)/C=C\c2cnn(C)c2)cc1F. The Morgan fingerprint density at radius 3 is 2.84 bits per heavy atom. The highest BCUT2D eigenvalue weighted by Crippen LogP contribution is 2.18. The van der Waals surface area contributed by atoms with Crippen LogP contribution in [0.2, 0.25) is 0 Å². The van der Waals surface area contributed by atoms with E-state index in [4.69, 9.17) is 4.74 Å². The zero-order valence-electron chi connectivity index (χ0n) is 10.6. The van der Waals surface area contributed by atoms with Crippen LogP contribution in [0.5, 0.6) is 5.75 Å². The monoisotopic (exact) mass is 260 g/mol. The molecule has 0 spiro atoms. The predicted molar refractivity (Wildman–Crippen MR) is 69.5 cm³/mol. The molecule has 0 bridgehead atoms. The second-order valence-electron chi connectivity index (χ2n) is 3.99. The van der Waals surface area contributed by atoms with Crippen LogP contribution < -0.4 is 4.74 Å². The van der Waals surface area contributed by atoms with Gasteiger partial charge in [0.1, 0.15) is 0 Å². The summed E-state index contributed by atoms with van der Waals surface area (Å²) in [6.45, 7) is 0. The van der Waals surface area contributed by atoms with Gasteiger partial charge < -0.3 is 4.74 Å². The molecule has 1 aromatic heterocycles. The Balaban J connectivity index is 2.16. The summed E-state index contributed by atoms with van der Waals surface area (Å²) in [5.41, 5.74) is 1.09. The molecule has 19 heavy (non-hydrogen) atoms. The van der Waals surface area contributed by atoms with Crippen LogP contribution in [0.15, 0.2) is 36.7 Å². The highest BCUT2D eigenvalue weighted by atomic mass is 19.1. The number of allylic oxidation sites excluding steroid dienone is 1. The molecule has 98 valence electrons. The maximum absolute atomic E-state index is 13.5. The number of ether oxygens (including phenoxy) is 1. The second kappa shape index (κ2) is 5.48. The van der Waals surface area contributed by atoms with Crippen LogP contribution in [0.4, 0.5) is 4.39 Å². The van der Waals surface area contributed by atoms with E-state index in [0.717, 1.165) is 11.6 Å². The fourth-order valence-corrected chi connectivity index (χ4v) is 1.61. The molecular formula is C14H13FN2O2. The normalized spacial score (nSPS) is 10.9. The van der Waals surface area contributed by atoms with Crippen LogP contribution in [0.3, 0.4) is 0 Å². The highest BCUT2D eigenvalue weighted by molar-refractivity contribution is 6.06. The van der Waals surface area contributed by atoms with E-state index < -0.39 is 5.82 Å². The number of nitrogens with zero attached hydrogens (tertiary/aromatic N) is 2. The third kappa shape index (κ3) is 3.07. The Hall–Kier alpha value is -2.43. The molecule has 1 heterocycles. The van der Waals surface area contributed by atoms with Crippen molar-refractivity contribution in [3.05, 3.63) is 53.6 Å². The minimum absolute atomic E-state index is 0.118. The summed E-state index contributed by atoms with van der Waals surface area (Å²) in [5, 5.41) is 3.98. The lowest BCUT2D eigenvalue weighted by atomic mass is 10.1. The summed E-state index contributed by atoms with van der Waals surface area (Å²) in [5.74, 6) is -0.707. The number of hydrogen-bond donors (Lipinski definition) is 0. The van der Waals surface area contributed by atoms with Gasteiger partial charge in [-0.2, -0.15) is 5.10 Å². The largest absolute Gasteiger partial charge is 0.494 e. The molecule has 2 rings (SSSR count). The lowest BCUT2D eigenvalue weighted by Gasteiger charge is -2.02. The van der Waals surface area contributed by atoms with E-state index in [2.05, 4.69) is 5.10 Å². The summed E-state index contributed by atoms with van der Waals surface area (Å²) in [4.78, 5) is 11.9. The molecule has 0 saturated heterocycles. The minimum Gasteiger partial charge on any atom is -0.494 e. The average molecular weight is 260 g/mol. The average Bonchev–Trinajstić information content (AvgIpc) is 2.81. The van der Waals surface area contributed by atoms with Crippen molar-refractivity contribution in [3.8, 4) is 5.75 Å². The Bertz CT molecular complexity index is 632. The van der Waals surface area contributed by atoms with E-state index in [1.165, 1.54) is 25.3 Å². The number of aromatic nitrogens is 2. The zero-order chi connectivity index (χ0) is 13.8. The molecule has 0 N–H and O–H groups in total. The first-order valence-electron chi connectivity index (χ1n) is 5.65. The van der Waals surface area contributed by atoms with Gasteiger partial charge in [-0.3, -0.25) is 9.48 Å². The maximum atomic E-state index is 13.5. The van der Waals surface area contributed by atoms with Crippen LogP contribution >= 0.6 is 0 Å². The molecule has 0 atom stereocenters. The van der Waals surface area contributed by atoms with Gasteiger partial charge in [0.05, 0.1) is 13.3 Å². The summed E-state index contributed by atoms with van der Waals surface area (Å²) in [6.07, 6.45) is 6.44. The van der Waals surface area contributed by atoms with Gasteiger partial charge in [-0.1, -0.05) is 0 Å². The van der Waals surface area contributed by atoms with Crippen LogP contribution in [-0.4, -0.2) is 22.7 Å². The number of benzene rings is 1. The van der Waals surface area contributed by atoms with Gasteiger partial charge >= 0.3 is 0 Å². The number of aryl methyl sites for hydroxylation is 1. The van der Waals surface area contributed by atoms with Crippen molar-refractivity contribution in [2.24, 2.45) is 7.05 Å². The molecule has 0 amide bonds. The van der Waals surface area contributed by atoms with E-state index in [1.54, 1.807) is 30.2 Å². The molecule has 0 aliphatic heterocycles. The second-order valence-corrected chi connectivity index (χ2v) is 3.99. The van der Waals surface area contributed by atoms with Gasteiger partial charge in [0.15, 0.2) is 17.3 Å². The van der Waals surface area contributed by atoms with Gasteiger partial charge in [0.2, 0.25) is 0 Å². The van der Waals surface area contributed by atoms with E-state index >= 15 is 0 Å². The Labute approximate surface area is 110 Å². The quantitative estimate of drug-likeness (QED) is 0.626. The molecular weight excluding hydrogens is 247 g/mol. The van der Waals surface area contributed by atoms with Gasteiger partial charge in [-0.25, -0.2) is 4.39 Å². The maximum Gasteiger partial charge on any atom is 0.185 e. The number of carbonyl (C=O) groups excluding carboxylic acids is 1. The van der Waals surface area contributed by atoms with E-state index in [-0.39, 0.29) is 17.1 Å². The van der Waals surface area contributed by atoms with Gasteiger partial charge in [-0.15, -0.1) is 0 Å². The lowest BCUT2D eigenvalue weighted by molar-refractivity contribution is 0.104. The van der Waals surface area contributed by atoms with Crippen molar-refractivity contribution in [1.82, 2.24) is 9.78 Å². The zero-order valence-corrected chi connectivity index (χ0v) is 10.6. The van der Waals surface area contributed by atoms with Crippen molar-refractivity contribution in [3.63, 3.8) is 0 Å². The number of hydrogen-bond acceptors (Lipinski definition) is 3. The predicted octanol–water partition coefficient (Wildman–Crippen LogP) is 2.46. The van der Waals surface area contributed by atoms with Gasteiger partial charge in [0.25, 0.3) is 0 Å². The Morgan fingerprint density at radius 1 is 1.47 bits per heavy atom. The van der Waals surface area contributed by atoms with Crippen molar-refractivity contribution in [2.45, 2.75) is 0 Å². The smallest absolute Gasteiger partial charge is 0.185 e. The van der Waals surface area contributed by atoms with Gasteiger partial charge in [0, 0.05) is 24.4 Å². The number of rotatable bonds is 4. The minimum atomic E-state index is -0.553. The van der Waals surface area contributed by atoms with Crippen molar-refractivity contribution in [1.29, 1.82) is 0 Å². The third-order valence-electron chi connectivity index (χ3n) is 2.59. The summed E-state index contributed by atoms with van der Waals surface area (Å²) in [7, 11) is 3.17. The lowest BCUT2D eigenvalue weighted by Crippen LogP contribution is -1.96. The molecule has 4 nitrogen and oxygen atoms in total. The molecule has 0 aliphatic rings. The van der Waals surface area contributed by atoms with E-state index in [0.29, 0.717) is 0 Å². The van der Waals surface area contributed by atoms with Crippen LogP contribution in [0, 0.1) is 5.82 Å². The van der Waals surface area contributed by atoms with E-state index in [1.807, 2.05) is 0 Å². The summed E-state index contributed by atoms with van der Waals surface area (Å²) >= 11 is 0. The molecule has 0 radical (unpaired) electrons. The highest BCUT2D eigenvalue weighted by Gasteiger charge is 2.07. The first kappa shape index (κ1) is 13.0. The Morgan fingerprint density at radius 2 is 2.26 bits per heavy atom. The van der Waals surface area contributed by atoms with Crippen LogP contribution in [-0.2, 0) is 7.05 Å². The standard InChI is InChI=1S/C14H13FN2O2/c1-17-9-10(8-16-17)3-5-13(18)11-4-6-14(19-2)12(15)7-11/h3-9H,1-2H3/b5-3-. The number of methoxy groups -OCH3 is 1. The number of ketones is 1. The molecule has 0 unspecified atom stereocenters. The molecule has 5 heteroatoms. The van der Waals surface area contributed by atoms with E-state index in [9.17, 15) is 9.18 Å². The van der Waals surface area contributed by atoms with Crippen molar-refractivity contribution in [2.75, 3.05) is 7.11 Å². The van der Waals surface area contributed by atoms with Crippen LogP contribution in [0.1, 0.15) is 15.9 Å². The topological polar surface area (TPSA) is 44.1 Å². The first-order chi connectivity index (χ1) is 9.10. The number of halogens is 1. The number of carbonyl (C=O) groups is 1. The summed E-state index contributed by atoms with van der Waals surface area (Å²) in [6, 6.07) is 4.12. The molecule has 0 saturated carbocycles. The Kier molecular flexibility index (Phi) is 3.75. The summed E-state index contributed by atoms with van der Waals surface area (Å²) < 4.78 is 19.9. The van der Waals surface area contributed by atoms with Gasteiger partial charge in [-0.05, 0) is 30.4 Å². The molecule has 0 aliphatic carbocycles. The van der Waals surface area contributed by atoms with Crippen LogP contribution in [0.25, 0.3) is 6.08 Å². The first-order valence-corrected chi connectivity index (χ1v) is 5.65. The fraction of sp³-hybridized carbons (Fsp3) is 0.143. The molecule has 2 aromatic rings. The fourth-order valence-electron chi connectivity index (χ4n) is 1.61.